The van der Waals surface area contributed by atoms with E-state index >= 15 is 0 Å². The molecule has 2 heterocycles. The van der Waals surface area contributed by atoms with Crippen molar-refractivity contribution in [3.05, 3.63) is 12.2 Å². The summed E-state index contributed by atoms with van der Waals surface area (Å²) in [7, 11) is 0. The van der Waals surface area contributed by atoms with Gasteiger partial charge >= 0.3 is 0 Å². The van der Waals surface area contributed by atoms with Crippen molar-refractivity contribution in [1.29, 1.82) is 0 Å². The molecule has 8 heteroatoms. The quantitative estimate of drug-likeness (QED) is 0.449. The zero-order valence-electron chi connectivity index (χ0n) is 11.5. The Kier molecular flexibility index (Phi) is 3.72. The van der Waals surface area contributed by atoms with Crippen molar-refractivity contribution in [3.63, 3.8) is 0 Å². The van der Waals surface area contributed by atoms with Crippen molar-refractivity contribution in [1.82, 2.24) is 9.97 Å². The van der Waals surface area contributed by atoms with E-state index in [-0.39, 0.29) is 18.7 Å². The fourth-order valence-electron chi connectivity index (χ4n) is 2.07. The minimum atomic E-state index is -0.397. The molecule has 1 aromatic rings. The fraction of sp³-hybridized carbons (Fsp3) is 0.462. The number of aliphatic hydroxyl groups excluding tert-OH is 1. The first-order valence-corrected chi connectivity index (χ1v) is 6.81. The van der Waals surface area contributed by atoms with Crippen LogP contribution in [0.5, 0.6) is 0 Å². The van der Waals surface area contributed by atoms with Gasteiger partial charge in [0.15, 0.2) is 11.6 Å². The van der Waals surface area contributed by atoms with Crippen LogP contribution in [0, 0.1) is 0 Å². The predicted molar refractivity (Wildman–Crippen MR) is 80.8 cm³/mol. The van der Waals surface area contributed by atoms with Gasteiger partial charge in [-0.3, -0.25) is 4.99 Å². The number of aromatic nitrogens is 2. The molecule has 1 aliphatic heterocycles. The van der Waals surface area contributed by atoms with Gasteiger partial charge in [0, 0.05) is 6.04 Å². The Morgan fingerprint density at radius 1 is 1.33 bits per heavy atom. The lowest BCUT2D eigenvalue weighted by molar-refractivity contribution is 0.0376. The number of nitrogens with zero attached hydrogens (tertiary/aromatic N) is 3. The Labute approximate surface area is 122 Å². The third kappa shape index (κ3) is 3.11. The molecule has 0 bridgehead atoms. The van der Waals surface area contributed by atoms with E-state index in [0.29, 0.717) is 23.4 Å². The van der Waals surface area contributed by atoms with Gasteiger partial charge in [0.2, 0.25) is 5.95 Å². The van der Waals surface area contributed by atoms with Crippen LogP contribution in [-0.2, 0) is 4.74 Å². The van der Waals surface area contributed by atoms with Crippen molar-refractivity contribution in [2.75, 3.05) is 23.0 Å². The van der Waals surface area contributed by atoms with Crippen LogP contribution in [0.1, 0.15) is 12.8 Å². The first-order chi connectivity index (χ1) is 10.2. The monoisotopic (exact) mass is 290 g/mol. The van der Waals surface area contributed by atoms with Crippen LogP contribution in [0.4, 0.5) is 23.3 Å². The molecule has 8 nitrogen and oxygen atoms in total. The molecule has 1 saturated carbocycles. The number of aliphatic hydroxyl groups is 1. The number of anilines is 3. The summed E-state index contributed by atoms with van der Waals surface area (Å²) in [6, 6.07) is 0.411. The van der Waals surface area contributed by atoms with Crippen LogP contribution in [-0.4, -0.2) is 46.8 Å². The summed E-state index contributed by atoms with van der Waals surface area (Å²) in [4.78, 5) is 12.3. The average Bonchev–Trinajstić information content (AvgIpc) is 3.15. The smallest absolute Gasteiger partial charge is 0.224 e. The Balaban J connectivity index is 1.81. The maximum Gasteiger partial charge on any atom is 0.224 e. The summed E-state index contributed by atoms with van der Waals surface area (Å²) >= 11 is 0. The number of nitrogens with one attached hydrogen (secondary N) is 2. The summed E-state index contributed by atoms with van der Waals surface area (Å²) in [5.74, 6) is 1.17. The molecule has 1 fully saturated rings. The van der Waals surface area contributed by atoms with E-state index in [4.69, 9.17) is 15.6 Å². The predicted octanol–water partition coefficient (Wildman–Crippen LogP) is 0.650. The Hall–Kier alpha value is -2.19. The summed E-state index contributed by atoms with van der Waals surface area (Å²) < 4.78 is 5.53. The summed E-state index contributed by atoms with van der Waals surface area (Å²) in [6.07, 6.45) is 5.09. The number of hydrogen-bond acceptors (Lipinski definition) is 8. The third-order valence-corrected chi connectivity index (χ3v) is 3.26. The molecule has 112 valence electrons. The number of aliphatic imine (C=N–C) groups is 1. The molecule has 0 amide bonds. The molecule has 2 atom stereocenters. The average molecular weight is 290 g/mol. The lowest BCUT2D eigenvalue weighted by Crippen LogP contribution is -2.23. The van der Waals surface area contributed by atoms with E-state index in [1.807, 2.05) is 0 Å². The maximum absolute atomic E-state index is 9.06. The highest BCUT2D eigenvalue weighted by Gasteiger charge is 2.25. The van der Waals surface area contributed by atoms with Crippen LogP contribution in [0.25, 0.3) is 0 Å². The van der Waals surface area contributed by atoms with E-state index in [1.54, 1.807) is 12.2 Å². The maximum atomic E-state index is 9.06. The van der Waals surface area contributed by atoms with Crippen molar-refractivity contribution in [3.8, 4) is 0 Å². The van der Waals surface area contributed by atoms with E-state index in [0.717, 1.165) is 12.8 Å². The second-order valence-electron chi connectivity index (χ2n) is 5.01. The highest BCUT2D eigenvalue weighted by Crippen LogP contribution is 2.35. The van der Waals surface area contributed by atoms with Crippen LogP contribution in [0.2, 0.25) is 0 Å². The molecule has 0 saturated heterocycles. The van der Waals surface area contributed by atoms with Crippen LogP contribution >= 0.6 is 0 Å². The largest absolute Gasteiger partial charge is 0.393 e. The standard InChI is InChI=1S/C13H18N6O2/c1-15-10-11(16-7-2-3-7)18-13(14)19-12(10)17-9-5-4-8(6-20)21-9/h4-5,7-9,20H,1-3,6H2,(H4,14,16,17,18,19)/t8-,9+/m0/s1. The van der Waals surface area contributed by atoms with Gasteiger partial charge in [-0.25, -0.2) is 0 Å². The van der Waals surface area contributed by atoms with Crippen molar-refractivity contribution in [2.45, 2.75) is 31.2 Å². The summed E-state index contributed by atoms with van der Waals surface area (Å²) in [5.41, 5.74) is 6.26. The zero-order valence-corrected chi connectivity index (χ0v) is 11.5. The highest BCUT2D eigenvalue weighted by molar-refractivity contribution is 5.77. The fourth-order valence-corrected chi connectivity index (χ4v) is 2.07. The van der Waals surface area contributed by atoms with Gasteiger partial charge in [0.05, 0.1) is 6.61 Å². The van der Waals surface area contributed by atoms with Crippen LogP contribution < -0.4 is 16.4 Å². The topological polar surface area (TPSA) is 118 Å². The van der Waals surface area contributed by atoms with Crippen LogP contribution in [0.3, 0.4) is 0 Å². The lowest BCUT2D eigenvalue weighted by Gasteiger charge is -2.17. The SMILES string of the molecule is C=Nc1c(NC2CC2)nc(N)nc1N[C@H]1C=C[C@@H](CO)O1. The van der Waals surface area contributed by atoms with Gasteiger partial charge in [-0.2, -0.15) is 9.97 Å². The first kappa shape index (κ1) is 13.8. The van der Waals surface area contributed by atoms with Gasteiger partial charge in [-0.15, -0.1) is 0 Å². The van der Waals surface area contributed by atoms with Gasteiger partial charge in [0.25, 0.3) is 0 Å². The molecule has 5 N–H and O–H groups in total. The van der Waals surface area contributed by atoms with Crippen molar-refractivity contribution < 1.29 is 9.84 Å². The Bertz CT molecular complexity index is 572. The number of nitrogens with two attached hydrogens (primary N) is 1. The molecule has 0 radical (unpaired) electrons. The molecule has 3 rings (SSSR count). The molecular weight excluding hydrogens is 272 g/mol. The minimum Gasteiger partial charge on any atom is -0.393 e. The van der Waals surface area contributed by atoms with E-state index in [2.05, 4.69) is 32.3 Å². The third-order valence-electron chi connectivity index (χ3n) is 3.26. The second kappa shape index (κ2) is 5.66. The molecule has 21 heavy (non-hydrogen) atoms. The molecular formula is C13H18N6O2. The number of rotatable bonds is 6. The van der Waals surface area contributed by atoms with Crippen molar-refractivity contribution >= 4 is 30.0 Å². The minimum absolute atomic E-state index is 0.0678. The number of hydrogen-bond donors (Lipinski definition) is 4. The van der Waals surface area contributed by atoms with Crippen LogP contribution in [0.15, 0.2) is 17.1 Å². The van der Waals surface area contributed by atoms with E-state index < -0.39 is 6.23 Å². The lowest BCUT2D eigenvalue weighted by atomic mass is 10.3. The van der Waals surface area contributed by atoms with Gasteiger partial charge < -0.3 is 26.2 Å². The molecule has 2 aliphatic rings. The summed E-state index contributed by atoms with van der Waals surface area (Å²) in [5, 5.41) is 15.4. The molecule has 0 aromatic carbocycles. The Morgan fingerprint density at radius 3 is 2.62 bits per heavy atom. The van der Waals surface area contributed by atoms with Gasteiger partial charge in [-0.05, 0) is 25.6 Å². The van der Waals surface area contributed by atoms with Gasteiger partial charge in [-0.1, -0.05) is 6.08 Å². The van der Waals surface area contributed by atoms with Gasteiger partial charge in [0.1, 0.15) is 18.0 Å². The first-order valence-electron chi connectivity index (χ1n) is 6.81. The normalized spacial score (nSPS) is 24.0. The van der Waals surface area contributed by atoms with E-state index in [1.165, 1.54) is 0 Å². The Morgan fingerprint density at radius 2 is 2.05 bits per heavy atom. The van der Waals surface area contributed by atoms with Crippen molar-refractivity contribution in [2.24, 2.45) is 4.99 Å². The highest BCUT2D eigenvalue weighted by atomic mass is 16.5. The number of nitrogen functional groups attached to an aromatic ring is 1. The number of ether oxygens (including phenoxy) is 1. The molecule has 1 aromatic heterocycles. The molecule has 0 unspecified atom stereocenters. The molecule has 0 spiro atoms. The molecule has 1 aliphatic carbocycles. The van der Waals surface area contributed by atoms with E-state index in [9.17, 15) is 0 Å². The summed E-state index contributed by atoms with van der Waals surface area (Å²) in [6.45, 7) is 3.50. The zero-order chi connectivity index (χ0) is 14.8. The second-order valence-corrected chi connectivity index (χ2v) is 5.01.